The van der Waals surface area contributed by atoms with Crippen molar-refractivity contribution in [1.29, 1.82) is 0 Å². The van der Waals surface area contributed by atoms with E-state index in [9.17, 15) is 9.59 Å². The fraction of sp³-hybridized carbons (Fsp3) is 0.176. The van der Waals surface area contributed by atoms with Gasteiger partial charge in [0.25, 0.3) is 0 Å². The highest BCUT2D eigenvalue weighted by Gasteiger charge is 2.26. The van der Waals surface area contributed by atoms with Gasteiger partial charge in [-0.2, -0.15) is 0 Å². The van der Waals surface area contributed by atoms with E-state index in [2.05, 4.69) is 0 Å². The van der Waals surface area contributed by atoms with Gasteiger partial charge in [-0.3, -0.25) is 4.79 Å². The van der Waals surface area contributed by atoms with Crippen LogP contribution < -0.4 is 10.6 Å². The van der Waals surface area contributed by atoms with Crippen molar-refractivity contribution in [1.82, 2.24) is 0 Å². The van der Waals surface area contributed by atoms with Gasteiger partial charge in [0, 0.05) is 12.0 Å². The largest absolute Gasteiger partial charge is 0.462 e. The molecule has 1 aliphatic carbocycles. The molecule has 1 heterocycles. The summed E-state index contributed by atoms with van der Waals surface area (Å²) in [6, 6.07) is 9.19. The second-order valence-electron chi connectivity index (χ2n) is 4.78. The molecule has 1 aromatic heterocycles. The first-order chi connectivity index (χ1) is 10.6. The molecule has 0 aliphatic heterocycles. The predicted molar refractivity (Wildman–Crippen MR) is 82.7 cm³/mol. The summed E-state index contributed by atoms with van der Waals surface area (Å²) in [6.45, 7) is 1.94. The molecular weight excluding hydrogens is 304 g/mol. The van der Waals surface area contributed by atoms with Gasteiger partial charge in [0.2, 0.25) is 0 Å². The van der Waals surface area contributed by atoms with E-state index in [1.807, 2.05) is 30.3 Å². The number of hydrogen-bond donors (Lipinski definition) is 0. The second kappa shape index (κ2) is 5.81. The van der Waals surface area contributed by atoms with E-state index in [0.717, 1.165) is 5.56 Å². The molecule has 0 unspecified atom stereocenters. The van der Waals surface area contributed by atoms with Crippen LogP contribution in [0.2, 0.25) is 0 Å². The van der Waals surface area contributed by atoms with Crippen LogP contribution in [0.1, 0.15) is 23.7 Å². The molecule has 1 aliphatic rings. The van der Waals surface area contributed by atoms with Gasteiger partial charge in [-0.15, -0.1) is 0 Å². The molecule has 5 heteroatoms. The van der Waals surface area contributed by atoms with E-state index in [4.69, 9.17) is 20.8 Å². The number of carbonyl (C=O) groups is 2. The van der Waals surface area contributed by atoms with Crippen LogP contribution in [0.5, 0.6) is 0 Å². The molecule has 0 atom stereocenters. The van der Waals surface area contributed by atoms with E-state index in [0.29, 0.717) is 16.4 Å². The van der Waals surface area contributed by atoms with Crippen LogP contribution in [-0.2, 0) is 9.53 Å². The fourth-order valence-corrected chi connectivity index (χ4v) is 2.68. The topological polar surface area (TPSA) is 56.5 Å². The number of esters is 1. The molecule has 0 spiro atoms. The SMILES string of the molecule is CCOC(=O)c1c(-c2ccccc2)oc2c1=C(Cl)C(=O)CC=2. The molecule has 0 fully saturated rings. The lowest BCUT2D eigenvalue weighted by Gasteiger charge is -2.04. The summed E-state index contributed by atoms with van der Waals surface area (Å²) in [6.07, 6.45) is 1.80. The number of Topliss-reactive ketones (excluding diaryl/α,β-unsaturated/α-hetero) is 1. The zero-order valence-corrected chi connectivity index (χ0v) is 12.6. The van der Waals surface area contributed by atoms with Crippen molar-refractivity contribution >= 4 is 34.5 Å². The van der Waals surface area contributed by atoms with Crippen molar-refractivity contribution in [3.8, 4) is 11.3 Å². The van der Waals surface area contributed by atoms with Gasteiger partial charge in [-0.1, -0.05) is 41.9 Å². The van der Waals surface area contributed by atoms with Gasteiger partial charge in [-0.05, 0) is 13.0 Å². The minimum atomic E-state index is -0.549. The van der Waals surface area contributed by atoms with E-state index >= 15 is 0 Å². The van der Waals surface area contributed by atoms with Crippen LogP contribution in [0, 0.1) is 0 Å². The van der Waals surface area contributed by atoms with Crippen molar-refractivity contribution in [3.63, 3.8) is 0 Å². The number of benzene rings is 1. The van der Waals surface area contributed by atoms with Gasteiger partial charge in [0.05, 0.1) is 16.9 Å². The minimum absolute atomic E-state index is 0.0199. The first kappa shape index (κ1) is 14.6. The molecule has 22 heavy (non-hydrogen) atoms. The molecular formula is C17H13ClO4. The number of hydrogen-bond acceptors (Lipinski definition) is 4. The number of ether oxygens (including phenoxy) is 1. The van der Waals surface area contributed by atoms with Crippen LogP contribution in [0.4, 0.5) is 0 Å². The predicted octanol–water partition coefficient (Wildman–Crippen LogP) is 2.22. The van der Waals surface area contributed by atoms with Crippen molar-refractivity contribution in [2.24, 2.45) is 0 Å². The lowest BCUT2D eigenvalue weighted by molar-refractivity contribution is -0.112. The Labute approximate surface area is 131 Å². The highest BCUT2D eigenvalue weighted by atomic mass is 35.5. The first-order valence-corrected chi connectivity index (χ1v) is 7.29. The third kappa shape index (κ3) is 2.35. The Morgan fingerprint density at radius 3 is 2.73 bits per heavy atom. The summed E-state index contributed by atoms with van der Waals surface area (Å²) in [5.74, 6) is -0.416. The normalized spacial score (nSPS) is 13.5. The molecule has 112 valence electrons. The third-order valence-corrected chi connectivity index (χ3v) is 3.79. The van der Waals surface area contributed by atoms with E-state index in [1.165, 1.54) is 0 Å². The maximum atomic E-state index is 12.3. The van der Waals surface area contributed by atoms with Crippen LogP contribution >= 0.6 is 11.6 Å². The first-order valence-electron chi connectivity index (χ1n) is 6.92. The minimum Gasteiger partial charge on any atom is -0.462 e. The Morgan fingerprint density at radius 2 is 2.05 bits per heavy atom. The average molecular weight is 317 g/mol. The van der Waals surface area contributed by atoms with Gasteiger partial charge < -0.3 is 9.15 Å². The molecule has 0 radical (unpaired) electrons. The molecule has 2 aromatic rings. The fourth-order valence-electron chi connectivity index (χ4n) is 2.42. The summed E-state index contributed by atoms with van der Waals surface area (Å²) >= 11 is 6.13. The van der Waals surface area contributed by atoms with Gasteiger partial charge in [-0.25, -0.2) is 4.79 Å². The number of carbonyl (C=O) groups excluding carboxylic acids is 2. The summed E-state index contributed by atoms with van der Waals surface area (Å²) in [4.78, 5) is 24.2. The summed E-state index contributed by atoms with van der Waals surface area (Å²) in [5, 5.41) is 0.349. The highest BCUT2D eigenvalue weighted by Crippen LogP contribution is 2.23. The van der Waals surface area contributed by atoms with Crippen molar-refractivity contribution < 1.29 is 18.7 Å². The highest BCUT2D eigenvalue weighted by molar-refractivity contribution is 6.61. The zero-order chi connectivity index (χ0) is 15.7. The molecule has 0 N–H and O–H groups in total. The van der Waals surface area contributed by atoms with E-state index in [1.54, 1.807) is 13.0 Å². The molecule has 3 rings (SSSR count). The Morgan fingerprint density at radius 1 is 1.32 bits per heavy atom. The average Bonchev–Trinajstić information content (AvgIpc) is 2.92. The van der Waals surface area contributed by atoms with E-state index < -0.39 is 5.97 Å². The van der Waals surface area contributed by atoms with Gasteiger partial charge in [0.1, 0.15) is 16.7 Å². The molecule has 1 aromatic carbocycles. The lowest BCUT2D eigenvalue weighted by atomic mass is 10.0. The number of fused-ring (bicyclic) bond motifs is 1. The molecule has 0 saturated heterocycles. The molecule has 0 amide bonds. The third-order valence-electron chi connectivity index (χ3n) is 3.39. The number of rotatable bonds is 3. The van der Waals surface area contributed by atoms with Gasteiger partial charge in [0.15, 0.2) is 5.78 Å². The Bertz CT molecular complexity index is 862. The smallest absolute Gasteiger partial charge is 0.342 e. The molecule has 0 saturated carbocycles. The Hall–Kier alpha value is -2.33. The monoisotopic (exact) mass is 316 g/mol. The number of ketones is 1. The Kier molecular flexibility index (Phi) is 3.86. The quantitative estimate of drug-likeness (QED) is 0.815. The van der Waals surface area contributed by atoms with Crippen LogP contribution in [0.15, 0.2) is 34.7 Å². The maximum absolute atomic E-state index is 12.3. The van der Waals surface area contributed by atoms with Crippen LogP contribution in [0.3, 0.4) is 0 Å². The second-order valence-corrected chi connectivity index (χ2v) is 5.16. The number of furan rings is 1. The van der Waals surface area contributed by atoms with Crippen LogP contribution in [-0.4, -0.2) is 18.4 Å². The van der Waals surface area contributed by atoms with Crippen molar-refractivity contribution in [3.05, 3.63) is 46.5 Å². The summed E-state index contributed by atoms with van der Waals surface area (Å²) in [5.41, 5.74) is 1.37. The molecule has 0 bridgehead atoms. The number of halogens is 1. The summed E-state index contributed by atoms with van der Waals surface area (Å²) in [7, 11) is 0. The lowest BCUT2D eigenvalue weighted by Crippen LogP contribution is -2.32. The van der Waals surface area contributed by atoms with Crippen molar-refractivity contribution in [2.75, 3.05) is 6.61 Å². The Balaban J connectivity index is 2.36. The standard InChI is InChI=1S/C17H13ClO4/c1-2-21-17(20)14-13-12(9-8-11(19)15(13)18)22-16(14)10-6-4-3-5-7-10/h3-7,9H,2,8H2,1H3. The zero-order valence-electron chi connectivity index (χ0n) is 11.9. The summed E-state index contributed by atoms with van der Waals surface area (Å²) < 4.78 is 10.9. The van der Waals surface area contributed by atoms with E-state index in [-0.39, 0.29) is 29.4 Å². The van der Waals surface area contributed by atoms with Gasteiger partial charge >= 0.3 is 5.97 Å². The van der Waals surface area contributed by atoms with Crippen molar-refractivity contribution in [2.45, 2.75) is 13.3 Å². The molecule has 4 nitrogen and oxygen atoms in total. The van der Waals surface area contributed by atoms with Crippen LogP contribution in [0.25, 0.3) is 22.4 Å². The maximum Gasteiger partial charge on any atom is 0.342 e.